The third-order valence-corrected chi connectivity index (χ3v) is 8.12. The maximum Gasteiger partial charge on any atom is 0.315 e. The van der Waals surface area contributed by atoms with Gasteiger partial charge in [-0.25, -0.2) is 4.79 Å². The first-order valence-electron chi connectivity index (χ1n) is 10.3. The molecule has 0 aromatic carbocycles. The zero-order chi connectivity index (χ0) is 21.4. The first-order valence-corrected chi connectivity index (χ1v) is 17.8. The summed E-state index contributed by atoms with van der Waals surface area (Å²) in [6.07, 6.45) is -0.636. The molecule has 1 aliphatic rings. The molecule has 2 N–H and O–H groups in total. The van der Waals surface area contributed by atoms with Gasteiger partial charge in [-0.2, -0.15) is 0 Å². The van der Waals surface area contributed by atoms with Crippen LogP contribution in [0.25, 0.3) is 0 Å². The Balaban J connectivity index is 2.54. The number of nitrogens with one attached hydrogen (secondary N) is 2. The van der Waals surface area contributed by atoms with Crippen LogP contribution in [-0.4, -0.2) is 73.3 Å². The largest absolute Gasteiger partial charge is 0.356 e. The van der Waals surface area contributed by atoms with Crippen LogP contribution >= 0.6 is 0 Å². The SMILES string of the molecule is C[C@H]1NC(=O)N[C@H](C)[C@H](OCOCC[Si](C)(C)C)[C@H]1OCOCC[Si](C)(C)C. The van der Waals surface area contributed by atoms with Crippen molar-refractivity contribution in [3.05, 3.63) is 0 Å². The lowest BCUT2D eigenvalue weighted by Gasteiger charge is -2.31. The first kappa shape index (κ1) is 25.6. The Labute approximate surface area is 173 Å². The lowest BCUT2D eigenvalue weighted by Crippen LogP contribution is -2.49. The standard InChI is InChI=1S/C19H42N2O5Si2/c1-15-17(25-13-23-9-11-27(3,4)5)18(16(2)21-19(22)20-15)26-14-24-10-12-28(6,7)8/h15-18H,9-14H2,1-8H3,(H2,20,21,22)/t15-,16-,17+,18+/m1/s1. The Morgan fingerprint density at radius 2 is 1.11 bits per heavy atom. The highest BCUT2D eigenvalue weighted by molar-refractivity contribution is 6.76. The third-order valence-electron chi connectivity index (χ3n) is 4.71. The van der Waals surface area contributed by atoms with Crippen molar-refractivity contribution in [3.8, 4) is 0 Å². The Morgan fingerprint density at radius 3 is 1.43 bits per heavy atom. The molecule has 7 nitrogen and oxygen atoms in total. The van der Waals surface area contributed by atoms with Gasteiger partial charge in [-0.1, -0.05) is 39.3 Å². The van der Waals surface area contributed by atoms with Gasteiger partial charge in [-0.15, -0.1) is 0 Å². The zero-order valence-corrected chi connectivity index (χ0v) is 21.1. The quantitative estimate of drug-likeness (QED) is 0.279. The Kier molecular flexibility index (Phi) is 10.7. The summed E-state index contributed by atoms with van der Waals surface area (Å²) in [6, 6.07) is 1.58. The number of hydrogen-bond acceptors (Lipinski definition) is 5. The molecular weight excluding hydrogens is 392 g/mol. The van der Waals surface area contributed by atoms with Gasteiger partial charge in [-0.05, 0) is 25.9 Å². The summed E-state index contributed by atoms with van der Waals surface area (Å²) >= 11 is 0. The number of carbonyl (C=O) groups excluding carboxylic acids is 1. The second kappa shape index (κ2) is 11.7. The highest BCUT2D eigenvalue weighted by Crippen LogP contribution is 2.17. The molecule has 0 aromatic heterocycles. The molecule has 9 heteroatoms. The molecule has 28 heavy (non-hydrogen) atoms. The minimum Gasteiger partial charge on any atom is -0.356 e. The van der Waals surface area contributed by atoms with Crippen LogP contribution in [0.1, 0.15) is 13.8 Å². The van der Waals surface area contributed by atoms with Gasteiger partial charge in [0, 0.05) is 29.4 Å². The molecule has 1 saturated heterocycles. The van der Waals surface area contributed by atoms with E-state index in [1.54, 1.807) is 0 Å². The predicted molar refractivity (Wildman–Crippen MR) is 118 cm³/mol. The Morgan fingerprint density at radius 1 is 0.750 bits per heavy atom. The number of rotatable bonds is 12. The fourth-order valence-corrected chi connectivity index (χ4v) is 4.31. The second-order valence-corrected chi connectivity index (χ2v) is 21.4. The average molecular weight is 435 g/mol. The van der Waals surface area contributed by atoms with Crippen LogP contribution in [0.5, 0.6) is 0 Å². The molecule has 0 aliphatic carbocycles. The maximum atomic E-state index is 12.0. The topological polar surface area (TPSA) is 78.1 Å². The molecule has 4 atom stereocenters. The predicted octanol–water partition coefficient (Wildman–Crippen LogP) is 3.47. The summed E-state index contributed by atoms with van der Waals surface area (Å²) in [7, 11) is -2.25. The van der Waals surface area contributed by atoms with Gasteiger partial charge in [0.05, 0.1) is 12.1 Å². The summed E-state index contributed by atoms with van der Waals surface area (Å²) in [5, 5.41) is 5.80. The lowest BCUT2D eigenvalue weighted by molar-refractivity contribution is -0.175. The third kappa shape index (κ3) is 10.9. The van der Waals surface area contributed by atoms with E-state index in [0.29, 0.717) is 13.2 Å². The van der Waals surface area contributed by atoms with Crippen molar-refractivity contribution in [2.75, 3.05) is 26.8 Å². The summed E-state index contributed by atoms with van der Waals surface area (Å²) < 4.78 is 23.4. The van der Waals surface area contributed by atoms with Crippen molar-refractivity contribution >= 4 is 22.2 Å². The fourth-order valence-electron chi connectivity index (χ4n) is 2.79. The van der Waals surface area contributed by atoms with Crippen LogP contribution in [-0.2, 0) is 18.9 Å². The van der Waals surface area contributed by atoms with Gasteiger partial charge in [0.15, 0.2) is 0 Å². The lowest BCUT2D eigenvalue weighted by atomic mass is 10.0. The Hall–Kier alpha value is -0.456. The molecule has 166 valence electrons. The molecule has 1 fully saturated rings. The molecule has 2 amide bonds. The van der Waals surface area contributed by atoms with Gasteiger partial charge in [0.1, 0.15) is 25.8 Å². The molecule has 0 spiro atoms. The van der Waals surface area contributed by atoms with Crippen molar-refractivity contribution in [3.63, 3.8) is 0 Å². The van der Waals surface area contributed by atoms with Gasteiger partial charge >= 0.3 is 6.03 Å². The second-order valence-electron chi connectivity index (χ2n) is 10.1. The molecule has 0 unspecified atom stereocenters. The van der Waals surface area contributed by atoms with Crippen molar-refractivity contribution in [2.45, 2.75) is 89.5 Å². The monoisotopic (exact) mass is 434 g/mol. The van der Waals surface area contributed by atoms with Crippen molar-refractivity contribution in [1.82, 2.24) is 10.6 Å². The fraction of sp³-hybridized carbons (Fsp3) is 0.947. The molecule has 0 aromatic rings. The number of urea groups is 1. The number of amides is 2. The van der Waals surface area contributed by atoms with Crippen LogP contribution in [0.3, 0.4) is 0 Å². The minimum absolute atomic E-state index is 0.193. The molecular formula is C19H42N2O5Si2. The molecule has 1 rings (SSSR count). The average Bonchev–Trinajstić information content (AvgIpc) is 2.61. The summed E-state index contributed by atoms with van der Waals surface area (Å²) in [4.78, 5) is 12.0. The molecule has 0 saturated carbocycles. The molecule has 0 radical (unpaired) electrons. The van der Waals surface area contributed by atoms with E-state index in [9.17, 15) is 4.79 Å². The van der Waals surface area contributed by atoms with Crippen LogP contribution in [0, 0.1) is 0 Å². The minimum atomic E-state index is -1.13. The van der Waals surface area contributed by atoms with Crippen molar-refractivity contribution < 1.29 is 23.7 Å². The van der Waals surface area contributed by atoms with E-state index in [0.717, 1.165) is 12.1 Å². The highest BCUT2D eigenvalue weighted by atomic mass is 28.3. The first-order chi connectivity index (χ1) is 12.9. The van der Waals surface area contributed by atoms with E-state index in [-0.39, 0.29) is 43.9 Å². The van der Waals surface area contributed by atoms with E-state index in [4.69, 9.17) is 18.9 Å². The molecule has 0 bridgehead atoms. The van der Waals surface area contributed by atoms with E-state index >= 15 is 0 Å². The van der Waals surface area contributed by atoms with Crippen LogP contribution in [0.4, 0.5) is 4.79 Å². The summed E-state index contributed by atoms with van der Waals surface area (Å²) in [5.41, 5.74) is 0. The van der Waals surface area contributed by atoms with Crippen LogP contribution < -0.4 is 10.6 Å². The smallest absolute Gasteiger partial charge is 0.315 e. The maximum absolute atomic E-state index is 12.0. The molecule has 1 aliphatic heterocycles. The highest BCUT2D eigenvalue weighted by Gasteiger charge is 2.37. The van der Waals surface area contributed by atoms with Crippen LogP contribution in [0.15, 0.2) is 0 Å². The van der Waals surface area contributed by atoms with E-state index < -0.39 is 16.1 Å². The van der Waals surface area contributed by atoms with E-state index in [1.807, 2.05) is 13.8 Å². The summed E-state index contributed by atoms with van der Waals surface area (Å²) in [5.74, 6) is 0. The number of hydrogen-bond donors (Lipinski definition) is 2. The molecule has 1 heterocycles. The van der Waals surface area contributed by atoms with Gasteiger partial charge < -0.3 is 29.6 Å². The van der Waals surface area contributed by atoms with E-state index in [2.05, 4.69) is 49.9 Å². The summed E-state index contributed by atoms with van der Waals surface area (Å²) in [6.45, 7) is 19.5. The van der Waals surface area contributed by atoms with Gasteiger partial charge in [0.2, 0.25) is 0 Å². The number of ether oxygens (including phenoxy) is 4. The van der Waals surface area contributed by atoms with Gasteiger partial charge in [-0.3, -0.25) is 0 Å². The normalized spacial score (nSPS) is 26.5. The van der Waals surface area contributed by atoms with Gasteiger partial charge in [0.25, 0.3) is 0 Å². The van der Waals surface area contributed by atoms with E-state index in [1.165, 1.54) is 0 Å². The zero-order valence-electron chi connectivity index (χ0n) is 19.1. The number of carbonyl (C=O) groups is 1. The van der Waals surface area contributed by atoms with Crippen molar-refractivity contribution in [2.24, 2.45) is 0 Å². The Bertz CT molecular complexity index is 428. The van der Waals surface area contributed by atoms with Crippen LogP contribution in [0.2, 0.25) is 51.4 Å². The van der Waals surface area contributed by atoms with Crippen molar-refractivity contribution in [1.29, 1.82) is 0 Å².